The summed E-state index contributed by atoms with van der Waals surface area (Å²) in [4.78, 5) is 0.392. The zero-order valence-corrected chi connectivity index (χ0v) is 11.0. The average Bonchev–Trinajstić information content (AvgIpc) is 3.01. The molecule has 1 aliphatic heterocycles. The van der Waals surface area contributed by atoms with Gasteiger partial charge in [-0.05, 0) is 25.2 Å². The molecule has 0 unspecified atom stereocenters. The second-order valence-electron chi connectivity index (χ2n) is 4.74. The van der Waals surface area contributed by atoms with Crippen LogP contribution < -0.4 is 4.90 Å². The first-order chi connectivity index (χ1) is 12.7. The first-order valence-electron chi connectivity index (χ1n) is 10.3. The van der Waals surface area contributed by atoms with E-state index in [1.807, 2.05) is 30.3 Å². The molecular formula is C16H21N3O. The molecule has 0 bridgehead atoms. The summed E-state index contributed by atoms with van der Waals surface area (Å²) in [5.74, 6) is -0.245. The molecule has 2 aromatic rings. The monoisotopic (exact) mass is 279 g/mol. The minimum atomic E-state index is -3.24. The highest BCUT2D eigenvalue weighted by Crippen LogP contribution is 2.24. The Balaban J connectivity index is 2.07. The topological polar surface area (TPSA) is 41.3 Å². The van der Waals surface area contributed by atoms with Crippen LogP contribution in [0.2, 0.25) is 0 Å². The van der Waals surface area contributed by atoms with Gasteiger partial charge in [0.25, 0.3) is 0 Å². The predicted octanol–water partition coefficient (Wildman–Crippen LogP) is 2.28. The number of piperidine rings is 1. The van der Waals surface area contributed by atoms with Crippen molar-refractivity contribution in [2.75, 3.05) is 17.9 Å². The molecule has 4 nitrogen and oxygen atoms in total. The molecule has 0 spiro atoms. The van der Waals surface area contributed by atoms with Gasteiger partial charge in [-0.1, -0.05) is 30.3 Å². The van der Waals surface area contributed by atoms with Crippen LogP contribution in [0.4, 0.5) is 5.82 Å². The highest BCUT2D eigenvalue weighted by molar-refractivity contribution is 5.38. The first-order valence-corrected chi connectivity index (χ1v) is 6.28. The Morgan fingerprint density at radius 1 is 1.35 bits per heavy atom. The van der Waals surface area contributed by atoms with Crippen LogP contribution in [-0.2, 0) is 6.54 Å². The number of aromatic nitrogens is 2. The second kappa shape index (κ2) is 5.29. The number of hydrogen-bond donors (Lipinski definition) is 1. The fourth-order valence-electron chi connectivity index (χ4n) is 1.92. The number of benzene rings is 1. The molecule has 4 heteroatoms. The maximum absolute atomic E-state index is 10.6. The molecule has 0 amide bonds. The van der Waals surface area contributed by atoms with E-state index < -0.39 is 31.3 Å². The normalized spacial score (nSPS) is 39.0. The standard InChI is InChI=1S/C16H21N3O/c1-16(20)9-5-10-18(13-16)15-8-11-19(17-15)12-14-6-3-2-4-7-14/h2-4,6-8,11,20H,5,9-10,12-13H2,1H3/t16-/m0/s1/i5D2,9D2,10D2,13D2. The summed E-state index contributed by atoms with van der Waals surface area (Å²) in [6, 6.07) is 10.6. The molecule has 2 heterocycles. The molecule has 3 rings (SSSR count). The van der Waals surface area contributed by atoms with Crippen LogP contribution in [0.3, 0.4) is 0 Å². The smallest absolute Gasteiger partial charge is 0.150 e. The lowest BCUT2D eigenvalue weighted by atomic mass is 9.95. The largest absolute Gasteiger partial charge is 0.388 e. The van der Waals surface area contributed by atoms with Crippen LogP contribution in [0.25, 0.3) is 0 Å². The zero-order chi connectivity index (χ0) is 21.2. The van der Waals surface area contributed by atoms with Gasteiger partial charge in [0.1, 0.15) is 0 Å². The van der Waals surface area contributed by atoms with Crippen molar-refractivity contribution in [2.45, 2.75) is 31.8 Å². The van der Waals surface area contributed by atoms with Crippen LogP contribution in [0, 0.1) is 0 Å². The number of hydrogen-bond acceptors (Lipinski definition) is 3. The number of rotatable bonds is 3. The van der Waals surface area contributed by atoms with Crippen molar-refractivity contribution in [2.24, 2.45) is 0 Å². The summed E-state index contributed by atoms with van der Waals surface area (Å²) in [5.41, 5.74) is -1.96. The Kier molecular flexibility index (Phi) is 1.79. The number of nitrogens with zero attached hydrogens (tertiary/aromatic N) is 3. The average molecular weight is 279 g/mol. The van der Waals surface area contributed by atoms with Crippen LogP contribution >= 0.6 is 0 Å². The molecule has 0 radical (unpaired) electrons. The van der Waals surface area contributed by atoms with Gasteiger partial charge in [-0.3, -0.25) is 4.68 Å². The Morgan fingerprint density at radius 3 is 2.95 bits per heavy atom. The quantitative estimate of drug-likeness (QED) is 0.937. The first kappa shape index (κ1) is 6.76. The molecule has 1 aromatic carbocycles. The van der Waals surface area contributed by atoms with Crippen molar-refractivity contribution < 1.29 is 16.1 Å². The van der Waals surface area contributed by atoms with Crippen molar-refractivity contribution in [3.63, 3.8) is 0 Å². The highest BCUT2D eigenvalue weighted by atomic mass is 16.3. The molecular weight excluding hydrogens is 250 g/mol. The van der Waals surface area contributed by atoms with Gasteiger partial charge in [0.15, 0.2) is 5.82 Å². The van der Waals surface area contributed by atoms with Crippen molar-refractivity contribution in [3.05, 3.63) is 48.2 Å². The van der Waals surface area contributed by atoms with E-state index in [1.54, 1.807) is 0 Å². The lowest BCUT2D eigenvalue weighted by Crippen LogP contribution is -2.46. The molecule has 1 aromatic heterocycles. The van der Waals surface area contributed by atoms with E-state index in [2.05, 4.69) is 5.10 Å². The van der Waals surface area contributed by atoms with Gasteiger partial charge >= 0.3 is 0 Å². The van der Waals surface area contributed by atoms with Gasteiger partial charge in [-0.15, -0.1) is 0 Å². The summed E-state index contributed by atoms with van der Waals surface area (Å²) < 4.78 is 66.5. The summed E-state index contributed by atoms with van der Waals surface area (Å²) >= 11 is 0. The third kappa shape index (κ3) is 3.02. The lowest BCUT2D eigenvalue weighted by Gasteiger charge is -2.36. The van der Waals surface area contributed by atoms with Crippen LogP contribution in [0.1, 0.15) is 36.2 Å². The van der Waals surface area contributed by atoms with E-state index in [1.165, 1.54) is 16.9 Å². The van der Waals surface area contributed by atoms with E-state index in [0.717, 1.165) is 12.5 Å². The maximum Gasteiger partial charge on any atom is 0.150 e. The van der Waals surface area contributed by atoms with Gasteiger partial charge in [0.05, 0.1) is 14.9 Å². The molecule has 1 saturated heterocycles. The van der Waals surface area contributed by atoms with Crippen LogP contribution in [-0.4, -0.2) is 33.5 Å². The van der Waals surface area contributed by atoms with E-state index in [4.69, 9.17) is 11.0 Å². The Bertz CT molecular complexity index is 836. The predicted molar refractivity (Wildman–Crippen MR) is 79.8 cm³/mol. The van der Waals surface area contributed by atoms with E-state index in [9.17, 15) is 5.11 Å². The fourth-order valence-corrected chi connectivity index (χ4v) is 1.92. The Morgan fingerprint density at radius 2 is 2.15 bits per heavy atom. The second-order valence-corrected chi connectivity index (χ2v) is 4.74. The van der Waals surface area contributed by atoms with Gasteiger partial charge in [-0.2, -0.15) is 5.10 Å². The molecule has 1 aliphatic rings. The fraction of sp³-hybridized carbons (Fsp3) is 0.438. The van der Waals surface area contributed by atoms with Crippen molar-refractivity contribution in [3.8, 4) is 0 Å². The van der Waals surface area contributed by atoms with E-state index in [0.29, 0.717) is 11.4 Å². The molecule has 1 fully saturated rings. The minimum Gasteiger partial charge on any atom is -0.388 e. The Hall–Kier alpha value is -1.81. The lowest BCUT2D eigenvalue weighted by molar-refractivity contribution is 0.0447. The number of anilines is 1. The summed E-state index contributed by atoms with van der Waals surface area (Å²) in [5, 5.41) is 14.8. The Labute approximate surface area is 130 Å². The number of aliphatic hydroxyl groups is 1. The third-order valence-corrected chi connectivity index (χ3v) is 2.85. The minimum absolute atomic E-state index is 0.245. The highest BCUT2D eigenvalue weighted by Gasteiger charge is 2.29. The van der Waals surface area contributed by atoms with Gasteiger partial charge in [-0.25, -0.2) is 0 Å². The van der Waals surface area contributed by atoms with Crippen molar-refractivity contribution >= 4 is 5.82 Å². The van der Waals surface area contributed by atoms with Gasteiger partial charge in [0.2, 0.25) is 0 Å². The molecule has 0 saturated carbocycles. The van der Waals surface area contributed by atoms with Crippen molar-refractivity contribution in [1.82, 2.24) is 9.78 Å². The van der Waals surface area contributed by atoms with E-state index >= 15 is 0 Å². The zero-order valence-electron chi connectivity index (χ0n) is 19.0. The molecule has 1 atom stereocenters. The molecule has 0 aliphatic carbocycles. The van der Waals surface area contributed by atoms with Crippen molar-refractivity contribution in [1.29, 1.82) is 0 Å². The molecule has 1 N–H and O–H groups in total. The summed E-state index contributed by atoms with van der Waals surface area (Å²) in [6.45, 7) is -4.97. The summed E-state index contributed by atoms with van der Waals surface area (Å²) in [6.07, 6.45) is -4.96. The third-order valence-electron chi connectivity index (χ3n) is 2.85. The van der Waals surface area contributed by atoms with Gasteiger partial charge in [0, 0.05) is 33.5 Å². The van der Waals surface area contributed by atoms with Crippen LogP contribution in [0.5, 0.6) is 0 Å². The van der Waals surface area contributed by atoms with Crippen LogP contribution in [0.15, 0.2) is 42.6 Å². The SMILES string of the molecule is [2H]C1([2H])N(c2ccn(Cc3ccccc3)n2)C([2H])([2H])[C@@](C)(O)C([2H])([2H])C1([2H])[2H]. The molecule has 106 valence electrons. The van der Waals surface area contributed by atoms with Gasteiger partial charge < -0.3 is 10.0 Å². The number of β-amino-alcohol motifs (C(OH)–C–C–N with tert-alkyl or cyclic N) is 1. The van der Waals surface area contributed by atoms with E-state index in [-0.39, 0.29) is 5.82 Å². The summed E-state index contributed by atoms with van der Waals surface area (Å²) in [7, 11) is 0. The maximum atomic E-state index is 10.6. The molecule has 20 heavy (non-hydrogen) atoms.